The summed E-state index contributed by atoms with van der Waals surface area (Å²) in [4.78, 5) is 27.8. The Kier molecular flexibility index (Phi) is 16.6. The topological polar surface area (TPSA) is 97.0 Å². The molecule has 0 rings (SSSR count). The third-order valence-electron chi connectivity index (χ3n) is 3.74. The van der Waals surface area contributed by atoms with Gasteiger partial charge in [0.2, 0.25) is 0 Å². The summed E-state index contributed by atoms with van der Waals surface area (Å²) < 4.78 is 37.1. The number of carbonyl (C=O) groups is 2. The van der Waals surface area contributed by atoms with Crippen molar-refractivity contribution in [3.63, 3.8) is 0 Å². The second-order valence-corrected chi connectivity index (χ2v) is 6.39. The quantitative estimate of drug-likeness (QED) is 0.221. The van der Waals surface area contributed by atoms with Crippen LogP contribution in [0.1, 0.15) is 45.4 Å². The van der Waals surface area contributed by atoms with Crippen molar-refractivity contribution in [1.29, 1.82) is 0 Å². The van der Waals surface area contributed by atoms with E-state index in [0.29, 0.717) is 18.0 Å². The molecular weight excluding hydrogens is 377 g/mol. The molecule has 0 unspecified atom stereocenters. The third-order valence-corrected chi connectivity index (χ3v) is 3.74. The van der Waals surface area contributed by atoms with Gasteiger partial charge in [-0.1, -0.05) is 6.42 Å². The molecule has 0 heterocycles. The molecule has 1 atom stereocenters. The Bertz CT molecular complexity index is 469. The van der Waals surface area contributed by atoms with Crippen molar-refractivity contribution in [3.8, 4) is 0 Å². The standard InChI is InChI=1S/C14H30N4O.C4H5F3O2/c1-16-12(8-5-6-10-14(15)17-2)13(19)9-7-11-18(3)4;1-2-9-3(8)4(5,6)7/h12,16H,5-11H2,1-4H3,(H2,15,17);2H2,1H3/t12-;/m0./s1. The van der Waals surface area contributed by atoms with Gasteiger partial charge in [0.05, 0.1) is 18.5 Å². The molecule has 0 aliphatic rings. The van der Waals surface area contributed by atoms with Gasteiger partial charge in [0, 0.05) is 19.9 Å². The van der Waals surface area contributed by atoms with E-state index in [1.54, 1.807) is 7.05 Å². The van der Waals surface area contributed by atoms with Crippen molar-refractivity contribution < 1.29 is 27.5 Å². The highest BCUT2D eigenvalue weighted by atomic mass is 19.4. The number of nitrogens with two attached hydrogens (primary N) is 1. The van der Waals surface area contributed by atoms with E-state index in [1.165, 1.54) is 6.92 Å². The van der Waals surface area contributed by atoms with Gasteiger partial charge in [-0.3, -0.25) is 9.79 Å². The summed E-state index contributed by atoms with van der Waals surface area (Å²) in [6.45, 7) is 2.02. The van der Waals surface area contributed by atoms with Gasteiger partial charge in [0.15, 0.2) is 0 Å². The number of ketones is 1. The Balaban J connectivity index is 0. The molecule has 0 aliphatic carbocycles. The number of esters is 1. The fourth-order valence-electron chi connectivity index (χ4n) is 2.19. The number of hydrogen-bond acceptors (Lipinski definition) is 6. The maximum Gasteiger partial charge on any atom is 0.490 e. The van der Waals surface area contributed by atoms with Crippen molar-refractivity contribution in [3.05, 3.63) is 0 Å². The molecule has 0 amide bonds. The van der Waals surface area contributed by atoms with Crippen LogP contribution in [0.15, 0.2) is 4.99 Å². The predicted octanol–water partition coefficient (Wildman–Crippen LogP) is 2.14. The summed E-state index contributed by atoms with van der Waals surface area (Å²) in [6.07, 6.45) is 0.432. The molecule has 7 nitrogen and oxygen atoms in total. The second kappa shape index (κ2) is 16.3. The number of ether oxygens (including phenoxy) is 1. The van der Waals surface area contributed by atoms with Crippen molar-refractivity contribution in [2.75, 3.05) is 41.3 Å². The largest absolute Gasteiger partial charge is 0.490 e. The van der Waals surface area contributed by atoms with Crippen LogP contribution < -0.4 is 11.1 Å². The fraction of sp³-hybridized carbons (Fsp3) is 0.833. The molecule has 0 aromatic carbocycles. The lowest BCUT2D eigenvalue weighted by molar-refractivity contribution is -0.199. The Morgan fingerprint density at radius 3 is 2.18 bits per heavy atom. The maximum atomic E-state index is 12.0. The minimum absolute atomic E-state index is 0.0121. The van der Waals surface area contributed by atoms with Crippen LogP contribution in [-0.2, 0) is 14.3 Å². The molecule has 0 aliphatic heterocycles. The highest BCUT2D eigenvalue weighted by Crippen LogP contribution is 2.15. The van der Waals surface area contributed by atoms with Gasteiger partial charge >= 0.3 is 12.1 Å². The second-order valence-electron chi connectivity index (χ2n) is 6.39. The molecule has 166 valence electrons. The lowest BCUT2D eigenvalue weighted by atomic mass is 10.0. The lowest BCUT2D eigenvalue weighted by Gasteiger charge is -2.15. The maximum absolute atomic E-state index is 12.0. The van der Waals surface area contributed by atoms with Crippen molar-refractivity contribution in [1.82, 2.24) is 10.2 Å². The zero-order valence-electron chi connectivity index (χ0n) is 17.6. The van der Waals surface area contributed by atoms with Gasteiger partial charge < -0.3 is 20.7 Å². The zero-order chi connectivity index (χ0) is 22.2. The number of aliphatic imine (C=N–C) groups is 1. The summed E-state index contributed by atoms with van der Waals surface area (Å²) in [6, 6.07) is -0.0121. The van der Waals surface area contributed by atoms with Gasteiger partial charge in [-0.05, 0) is 53.9 Å². The molecule has 0 aromatic heterocycles. The van der Waals surface area contributed by atoms with Crippen LogP contribution in [0.25, 0.3) is 0 Å². The number of alkyl halides is 3. The molecule has 0 saturated heterocycles. The lowest BCUT2D eigenvalue weighted by Crippen LogP contribution is -2.34. The normalized spacial score (nSPS) is 13.0. The summed E-state index contributed by atoms with van der Waals surface area (Å²) in [5.74, 6) is -1.12. The molecular formula is C18H35F3N4O3. The van der Waals surface area contributed by atoms with E-state index in [0.717, 1.165) is 38.6 Å². The first kappa shape index (κ1) is 28.5. The van der Waals surface area contributed by atoms with E-state index in [1.807, 2.05) is 21.1 Å². The van der Waals surface area contributed by atoms with Crippen LogP contribution in [0, 0.1) is 0 Å². The number of nitrogens with one attached hydrogen (secondary N) is 1. The Hall–Kier alpha value is -1.68. The number of unbranched alkanes of at least 4 members (excludes halogenated alkanes) is 1. The van der Waals surface area contributed by atoms with Crippen LogP contribution in [-0.4, -0.2) is 76.0 Å². The van der Waals surface area contributed by atoms with Crippen LogP contribution in [0.2, 0.25) is 0 Å². The summed E-state index contributed by atoms with van der Waals surface area (Å²) in [5.41, 5.74) is 5.64. The first-order valence-corrected chi connectivity index (χ1v) is 9.29. The molecule has 0 bridgehead atoms. The van der Waals surface area contributed by atoms with E-state index in [9.17, 15) is 22.8 Å². The van der Waals surface area contributed by atoms with E-state index >= 15 is 0 Å². The summed E-state index contributed by atoms with van der Waals surface area (Å²) in [7, 11) is 7.62. The minimum Gasteiger partial charge on any atom is -0.459 e. The van der Waals surface area contributed by atoms with Crippen LogP contribution in [0.4, 0.5) is 13.2 Å². The third kappa shape index (κ3) is 16.5. The smallest absolute Gasteiger partial charge is 0.459 e. The van der Waals surface area contributed by atoms with Gasteiger partial charge in [-0.15, -0.1) is 0 Å². The first-order chi connectivity index (χ1) is 13.0. The number of likely N-dealkylation sites (N-methyl/N-ethyl adjacent to an activating group) is 1. The summed E-state index contributed by atoms with van der Waals surface area (Å²) >= 11 is 0. The molecule has 0 spiro atoms. The first-order valence-electron chi connectivity index (χ1n) is 9.29. The van der Waals surface area contributed by atoms with Gasteiger partial charge in [-0.25, -0.2) is 4.79 Å². The monoisotopic (exact) mass is 412 g/mol. The highest BCUT2D eigenvalue weighted by Gasteiger charge is 2.40. The van der Waals surface area contributed by atoms with Gasteiger partial charge in [0.1, 0.15) is 5.78 Å². The number of amidine groups is 1. The zero-order valence-corrected chi connectivity index (χ0v) is 17.6. The molecule has 10 heteroatoms. The summed E-state index contributed by atoms with van der Waals surface area (Å²) in [5, 5.41) is 3.12. The minimum atomic E-state index is -4.85. The van der Waals surface area contributed by atoms with E-state index in [2.05, 4.69) is 19.9 Å². The van der Waals surface area contributed by atoms with Crippen molar-refractivity contribution in [2.45, 2.75) is 57.7 Å². The van der Waals surface area contributed by atoms with E-state index in [-0.39, 0.29) is 12.6 Å². The number of halogens is 3. The Morgan fingerprint density at radius 2 is 1.79 bits per heavy atom. The van der Waals surface area contributed by atoms with Crippen molar-refractivity contribution >= 4 is 17.6 Å². The number of Topliss-reactive ketones (excluding diaryl/α,β-unsaturated/α-hetero) is 1. The van der Waals surface area contributed by atoms with Crippen LogP contribution in [0.5, 0.6) is 0 Å². The average molecular weight is 412 g/mol. The van der Waals surface area contributed by atoms with Gasteiger partial charge in [-0.2, -0.15) is 13.2 Å². The van der Waals surface area contributed by atoms with Crippen molar-refractivity contribution in [2.24, 2.45) is 10.7 Å². The molecule has 0 aromatic rings. The Morgan fingerprint density at radius 1 is 1.18 bits per heavy atom. The average Bonchev–Trinajstić information content (AvgIpc) is 2.61. The number of rotatable bonds is 12. The molecule has 0 saturated carbocycles. The molecule has 0 fully saturated rings. The van der Waals surface area contributed by atoms with Crippen LogP contribution >= 0.6 is 0 Å². The number of hydrogen-bond donors (Lipinski definition) is 2. The number of nitrogens with zero attached hydrogens (tertiary/aromatic N) is 2. The highest BCUT2D eigenvalue weighted by molar-refractivity contribution is 5.84. The predicted molar refractivity (Wildman–Crippen MR) is 104 cm³/mol. The molecule has 28 heavy (non-hydrogen) atoms. The Labute approximate surface area is 165 Å². The van der Waals surface area contributed by atoms with Gasteiger partial charge in [0.25, 0.3) is 0 Å². The molecule has 3 N–H and O–H groups in total. The van der Waals surface area contributed by atoms with Crippen LogP contribution in [0.3, 0.4) is 0 Å². The van der Waals surface area contributed by atoms with E-state index < -0.39 is 12.1 Å². The molecule has 0 radical (unpaired) electrons. The number of carbonyl (C=O) groups excluding carboxylic acids is 2. The SMILES string of the molecule is CCOC(=O)C(F)(F)F.CN=C(N)CCCC[C@H](NC)C(=O)CCCN(C)C. The fourth-order valence-corrected chi connectivity index (χ4v) is 2.19. The van der Waals surface area contributed by atoms with E-state index in [4.69, 9.17) is 5.73 Å².